The molecule has 6 N–H and O–H groups in total. The van der Waals surface area contributed by atoms with E-state index in [1.807, 2.05) is 31.2 Å². The summed E-state index contributed by atoms with van der Waals surface area (Å²) in [6.45, 7) is 36.3. The van der Waals surface area contributed by atoms with Gasteiger partial charge in [0.15, 0.2) is 11.7 Å². The number of anilines is 3. The zero-order valence-corrected chi connectivity index (χ0v) is 86.7. The fourth-order valence-corrected chi connectivity index (χ4v) is 22.7. The molecule has 18 heteroatoms. The number of carbonyl (C=O) groups excluding carboxylic acids is 4. The Morgan fingerprint density at radius 3 is 1.53 bits per heavy atom. The smallest absolute Gasteiger partial charge is 0.256 e. The first-order chi connectivity index (χ1) is 69.3. The summed E-state index contributed by atoms with van der Waals surface area (Å²) in [5.74, 6) is 1.14. The van der Waals surface area contributed by atoms with Gasteiger partial charge < -0.3 is 50.7 Å². The van der Waals surface area contributed by atoms with E-state index in [2.05, 4.69) is 326 Å². The fourth-order valence-electron chi connectivity index (χ4n) is 22.3. The molecule has 143 heavy (non-hydrogen) atoms. The molecule has 2 fully saturated rings. The van der Waals surface area contributed by atoms with Crippen LogP contribution in [-0.2, 0) is 62.5 Å². The van der Waals surface area contributed by atoms with Gasteiger partial charge in [-0.15, -0.1) is 0 Å². The zero-order valence-electron chi connectivity index (χ0n) is 85.2. The van der Waals surface area contributed by atoms with Gasteiger partial charge in [0.05, 0.1) is 40.8 Å². The number of nitrogens with zero attached hydrogens (tertiary/aromatic N) is 6. The number of nitrogens with one attached hydrogen (secondary N) is 4. The highest BCUT2D eigenvalue weighted by molar-refractivity contribution is 9.10. The highest BCUT2D eigenvalue weighted by Gasteiger charge is 2.39. The summed E-state index contributed by atoms with van der Waals surface area (Å²) >= 11 is 3.48. The minimum absolute atomic E-state index is 0.0354. The lowest BCUT2D eigenvalue weighted by Crippen LogP contribution is -2.30. The number of amides is 3. The molecule has 0 radical (unpaired) electrons. The van der Waals surface area contributed by atoms with E-state index in [-0.39, 0.29) is 35.5 Å². The molecule has 3 amide bonds. The van der Waals surface area contributed by atoms with Gasteiger partial charge in [-0.3, -0.25) is 19.2 Å². The lowest BCUT2D eigenvalue weighted by Gasteiger charge is -2.25. The average Bonchev–Trinajstić information content (AvgIpc) is 1.63. The number of H-pyrrole nitrogens is 1. The largest absolute Gasteiger partial charge is 0.494 e. The van der Waals surface area contributed by atoms with E-state index in [1.165, 1.54) is 166 Å². The number of aromatic hydroxyl groups is 1. The van der Waals surface area contributed by atoms with Crippen molar-refractivity contribution in [2.24, 2.45) is 21.3 Å². The number of likely N-dealkylation sites (N-methyl/N-ethyl adjacent to an activating group) is 1. The number of benzene rings is 10. The van der Waals surface area contributed by atoms with Gasteiger partial charge in [-0.1, -0.05) is 261 Å². The Balaban J connectivity index is 0.000000118. The number of aryl methyl sites for hydroxylation is 7. The number of azo groups is 1. The van der Waals surface area contributed by atoms with Gasteiger partial charge >= 0.3 is 0 Å². The molecule has 0 bridgehead atoms. The first-order valence-corrected chi connectivity index (χ1v) is 52.7. The van der Waals surface area contributed by atoms with E-state index >= 15 is 0 Å². The second-order valence-corrected chi connectivity index (χ2v) is 41.6. The lowest BCUT2D eigenvalue weighted by molar-refractivity contribution is -0.113. The summed E-state index contributed by atoms with van der Waals surface area (Å²) < 4.78 is 0.937. The van der Waals surface area contributed by atoms with Crippen molar-refractivity contribution in [1.82, 2.24) is 19.7 Å². The van der Waals surface area contributed by atoms with Crippen LogP contribution in [0.25, 0.3) is 61.2 Å². The third-order valence-corrected chi connectivity index (χ3v) is 30.3. The number of fused-ring (bicyclic) bond motifs is 10. The third kappa shape index (κ3) is 22.2. The number of aromatic nitrogens is 1. The monoisotopic (exact) mass is 1970 g/mol. The van der Waals surface area contributed by atoms with Crippen LogP contribution in [0.3, 0.4) is 0 Å². The summed E-state index contributed by atoms with van der Waals surface area (Å²) in [5.41, 5.74) is 44.5. The second-order valence-electron chi connectivity index (χ2n) is 40.7. The molecule has 11 aliphatic rings. The van der Waals surface area contributed by atoms with Crippen LogP contribution < -0.4 is 16.0 Å². The molecular weight excluding hydrogens is 1830 g/mol. The van der Waals surface area contributed by atoms with Gasteiger partial charge in [0.2, 0.25) is 0 Å². The van der Waals surface area contributed by atoms with E-state index < -0.39 is 0 Å². The zero-order chi connectivity index (χ0) is 99.8. The number of oxime groups is 1. The number of piperidine rings is 1. The molecule has 22 rings (SSSR count). The van der Waals surface area contributed by atoms with E-state index in [0.29, 0.717) is 38.0 Å². The summed E-state index contributed by atoms with van der Waals surface area (Å²) in [7, 11) is 0. The molecule has 0 saturated carbocycles. The number of rotatable bonds is 21. The van der Waals surface area contributed by atoms with Crippen LogP contribution in [0.15, 0.2) is 255 Å². The van der Waals surface area contributed by atoms with Crippen molar-refractivity contribution < 1.29 is 34.2 Å². The highest BCUT2D eigenvalue weighted by atomic mass is 79.9. The summed E-state index contributed by atoms with van der Waals surface area (Å²) in [6.07, 6.45) is 23.4. The topological polar surface area (TPSA) is 217 Å². The van der Waals surface area contributed by atoms with Crippen LogP contribution in [-0.4, -0.2) is 137 Å². The summed E-state index contributed by atoms with van der Waals surface area (Å²) in [4.78, 5) is 67.9. The number of aromatic amines is 1. The normalized spacial score (nSPS) is 19.7. The van der Waals surface area contributed by atoms with Crippen molar-refractivity contribution in [1.29, 1.82) is 0 Å². The lowest BCUT2D eigenvalue weighted by atomic mass is 9.94. The maximum Gasteiger partial charge on any atom is 0.256 e. The Morgan fingerprint density at radius 1 is 0.455 bits per heavy atom. The standard InChI is InChI=1S/C26H28N2O.C26H29NO.C25H28N4O.C24H26BrN3O2.C24H24O2/c1-18-11-12-22-24(16-18)27-26(29)25(22)23-17-19-8-3-4-9-20(19)21(23)10-7-15-28-13-5-2-6-14-28;1-16(2)7-5-6-8-20-22-13-17(3)9-11-19(22)15-23(20)25-21-12-10-18(4)14-24(21)27-26(25)28;1-16-5-7-18-15-21(23-19-8-6-17(2)14-22(19)27-25(23)30)24(20(18)13-16)28-26-9-12-29-10-3-4-11-29;1-4-28(5-2)10-11-30-27-23-19-12-15(3)6-7-16(19)13-20(23)22-18-9-8-17(25)14-21(18)26-24(22)29;1-3-18(25)9-11-21-19-7-5-4-6-16(19)13-22(21)24-20-10-8-15(2)12-17(20)14-23(24)26/h3-4,8-12,16H,2,5-7,13-15,17H2,1H3,(H,27,29);8-14,16H,5-7,15H2,1-4H3,(H,27,28);5-8,13-14,27,30H,3-4,9-12,15H2,1-2H3;6-9,12,14H,4-5,10-11,13H2,1-3H3,(H,26,29);4-8,10-12,18,25H,3,9,13-14H2,1-2H3/b21-10-,25-23+;20-8+,25-23+;;22-20+,27-23+;21-11-,24-22+. The van der Waals surface area contributed by atoms with Crippen molar-refractivity contribution in [3.05, 3.63) is 367 Å². The van der Waals surface area contributed by atoms with E-state index in [0.717, 1.165) is 222 Å². The fraction of sp³-hybridized carbons (Fsp3) is 0.336. The third-order valence-electron chi connectivity index (χ3n) is 29.8. The van der Waals surface area contributed by atoms with Crippen LogP contribution in [0.4, 0.5) is 17.1 Å². The predicted octanol–water partition coefficient (Wildman–Crippen LogP) is 26.6. The van der Waals surface area contributed by atoms with E-state index in [1.54, 1.807) is 0 Å². The van der Waals surface area contributed by atoms with Crippen LogP contribution in [0.1, 0.15) is 233 Å². The quantitative estimate of drug-likeness (QED) is 0.0173. The summed E-state index contributed by atoms with van der Waals surface area (Å²) in [6, 6.07) is 67.5. The highest BCUT2D eigenvalue weighted by Crippen LogP contribution is 2.51. The molecule has 1 atom stereocenters. The Hall–Kier alpha value is -13.1. The molecule has 734 valence electrons. The van der Waals surface area contributed by atoms with Crippen LogP contribution >= 0.6 is 15.9 Å². The number of halogens is 1. The van der Waals surface area contributed by atoms with Crippen LogP contribution in [0, 0.1) is 54.4 Å². The van der Waals surface area contributed by atoms with Gasteiger partial charge in [0.25, 0.3) is 17.7 Å². The van der Waals surface area contributed by atoms with Gasteiger partial charge in [0, 0.05) is 105 Å². The van der Waals surface area contributed by atoms with E-state index in [9.17, 15) is 29.4 Å². The molecule has 6 heterocycles. The SMILES string of the molecule is CCC(O)C/C=C1\C(=C2\C(=O)Cc3cc(C)ccc32)Cc2ccccc21.CCN(CC)CCO/N=C1/C(=C2/C(=O)Nc3cc(Br)ccc32)Cc2ccc(C)cc21.Cc1ccc2c(c1)C(N=NCCN1CCCC1)=C(c1c(O)[nH]c3cc(C)ccc13)C2.Cc1ccc2c(c1)NC(=O)/C2=C1\Cc2ccc(C)cc2\C1=C/CCCC(C)C.Cc1ccc2c(c1)NC(=O)/C2=C1\Cc2ccccc2\C1=C\CCN1CCCCC1. The molecule has 11 aromatic rings. The molecule has 17 nitrogen and oxygen atoms in total. The Labute approximate surface area is 852 Å². The van der Waals surface area contributed by atoms with Crippen LogP contribution in [0.2, 0.25) is 0 Å². The Kier molecular flexibility index (Phi) is 31.4. The maximum absolute atomic E-state index is 12.9. The van der Waals surface area contributed by atoms with Gasteiger partial charge in [-0.25, -0.2) is 0 Å². The number of unbranched alkanes of at least 4 members (excludes halogenated alkanes) is 1. The number of Topliss-reactive ketones (excluding diaryl/α,β-unsaturated/α-hetero) is 1. The number of aliphatic hydroxyl groups is 1. The first-order valence-electron chi connectivity index (χ1n) is 51.9. The molecule has 0 spiro atoms. The number of allylic oxidation sites excluding steroid dienone is 10. The van der Waals surface area contributed by atoms with Gasteiger partial charge in [-0.05, 0) is 330 Å². The number of hydrogen-bond acceptors (Lipinski definition) is 13. The second kappa shape index (κ2) is 44.8. The minimum Gasteiger partial charge on any atom is -0.494 e. The number of hydrogen-bond donors (Lipinski definition) is 6. The molecule has 1 aromatic heterocycles. The van der Waals surface area contributed by atoms with Crippen molar-refractivity contribution in [2.45, 2.75) is 198 Å². The molecule has 5 aliphatic heterocycles. The molecule has 2 saturated heterocycles. The Morgan fingerprint density at radius 2 is 0.923 bits per heavy atom. The van der Waals surface area contributed by atoms with Gasteiger partial charge in [0.1, 0.15) is 12.3 Å². The molecule has 6 aliphatic carbocycles. The van der Waals surface area contributed by atoms with Crippen molar-refractivity contribution in [2.75, 3.05) is 88.0 Å². The van der Waals surface area contributed by atoms with E-state index in [4.69, 9.17) is 9.95 Å². The molecule has 1 unspecified atom stereocenters. The summed E-state index contributed by atoms with van der Waals surface area (Å²) in [5, 5.41) is 44.8. The number of ketones is 1. The number of aliphatic hydroxyl groups excluding tert-OH is 1. The van der Waals surface area contributed by atoms with Gasteiger partial charge in [-0.2, -0.15) is 10.2 Å². The molecule has 10 aromatic carbocycles. The first kappa shape index (κ1) is 100. The minimum atomic E-state index is -0.337. The Bertz CT molecular complexity index is 7160. The molecular formula is C125H135BrN10O7. The van der Waals surface area contributed by atoms with Crippen molar-refractivity contribution >= 4 is 123 Å². The number of likely N-dealkylation sites (tertiary alicyclic amines) is 2. The van der Waals surface area contributed by atoms with Crippen molar-refractivity contribution in [3.63, 3.8) is 0 Å². The number of carbonyl (C=O) groups is 4. The predicted molar refractivity (Wildman–Crippen MR) is 591 cm³/mol. The maximum atomic E-state index is 12.9. The van der Waals surface area contributed by atoms with Crippen LogP contribution in [0.5, 0.6) is 5.88 Å². The van der Waals surface area contributed by atoms with Crippen molar-refractivity contribution in [3.8, 4) is 5.88 Å². The average molecular weight is 1970 g/mol.